The largest absolute Gasteiger partial charge is 0.514 e. The van der Waals surface area contributed by atoms with Crippen LogP contribution in [0.2, 0.25) is 0 Å². The van der Waals surface area contributed by atoms with Crippen LogP contribution in [-0.2, 0) is 37.1 Å². The van der Waals surface area contributed by atoms with Crippen LogP contribution in [0.25, 0.3) is 0 Å². The zero-order chi connectivity index (χ0) is 39.5. The first kappa shape index (κ1) is 39.2. The van der Waals surface area contributed by atoms with Crippen LogP contribution in [0.4, 0.5) is 21.9 Å². The predicted molar refractivity (Wildman–Crippen MR) is 203 cm³/mol. The second kappa shape index (κ2) is 18.2. The number of carbonyl (C=O) groups excluding carboxylic acids is 5. The van der Waals surface area contributed by atoms with Gasteiger partial charge in [-0.2, -0.15) is 0 Å². The van der Waals surface area contributed by atoms with Gasteiger partial charge in [0.05, 0.1) is 17.2 Å². The van der Waals surface area contributed by atoms with Crippen LogP contribution in [0.5, 0.6) is 5.75 Å². The standard InChI is InChI=1S/C41H39N5O9/c1-26(2)38(44-36(47)22-23-37(48)45-24-31-10-5-4-8-29(31)14-15-30-9-6-7-11-35(30)45)40(50)42-27(3)39(49)43-32-16-12-28(13-17-32)25-54-41(51)55-34-20-18-33(19-21-34)46(52)53/h4-13,16-21,26-27,38H,22-25H2,1-3H3,(H,42,50)(H,43,49)(H,44,47)/t27-,38-/m0/s1. The molecule has 14 heteroatoms. The molecule has 3 N–H and O–H groups in total. The lowest BCUT2D eigenvalue weighted by atomic mass is 10.0. The number of ether oxygens (including phenoxy) is 2. The molecule has 0 fully saturated rings. The minimum atomic E-state index is -1.00. The number of rotatable bonds is 13. The molecule has 55 heavy (non-hydrogen) atoms. The SMILES string of the molecule is CC(C)[C@H](NC(=O)CCC(=O)N1Cc2ccccc2C#Cc2ccccc21)C(=O)N[C@@H](C)C(=O)Nc1ccc(COC(=O)Oc2ccc([N+](=O)[O-])cc2)cc1. The van der Waals surface area contributed by atoms with Gasteiger partial charge >= 0.3 is 6.16 Å². The summed E-state index contributed by atoms with van der Waals surface area (Å²) < 4.78 is 10.1. The highest BCUT2D eigenvalue weighted by Gasteiger charge is 2.28. The van der Waals surface area contributed by atoms with Crippen LogP contribution < -0.4 is 25.6 Å². The summed E-state index contributed by atoms with van der Waals surface area (Å²) in [5.41, 5.74) is 3.93. The molecule has 0 bridgehead atoms. The molecule has 1 aliphatic rings. The van der Waals surface area contributed by atoms with Crippen molar-refractivity contribution < 1.29 is 38.4 Å². The van der Waals surface area contributed by atoms with Crippen molar-refractivity contribution in [3.05, 3.63) is 129 Å². The van der Waals surface area contributed by atoms with Crippen LogP contribution in [0.3, 0.4) is 0 Å². The number of anilines is 2. The number of nitro groups is 1. The first-order chi connectivity index (χ1) is 26.4. The summed E-state index contributed by atoms with van der Waals surface area (Å²) in [6.07, 6.45) is -1.26. The van der Waals surface area contributed by atoms with Crippen LogP contribution in [0.1, 0.15) is 55.9 Å². The minimum Gasteiger partial charge on any atom is -0.429 e. The first-order valence-corrected chi connectivity index (χ1v) is 17.5. The quantitative estimate of drug-likeness (QED) is 0.0514. The number of benzene rings is 4. The molecule has 4 aromatic carbocycles. The Hall–Kier alpha value is -7.01. The number of amides is 4. The Bertz CT molecular complexity index is 2140. The number of hydrogen-bond acceptors (Lipinski definition) is 9. The number of para-hydroxylation sites is 1. The lowest BCUT2D eigenvalue weighted by Crippen LogP contribution is -2.53. The van der Waals surface area contributed by atoms with Gasteiger partial charge in [0.25, 0.3) is 5.69 Å². The Kier molecular flexibility index (Phi) is 12.9. The fourth-order valence-electron chi connectivity index (χ4n) is 5.55. The smallest absolute Gasteiger partial charge is 0.429 e. The van der Waals surface area contributed by atoms with Gasteiger partial charge in [0, 0.05) is 41.8 Å². The number of hydrogen-bond donors (Lipinski definition) is 3. The van der Waals surface area contributed by atoms with Crippen molar-refractivity contribution in [3.63, 3.8) is 0 Å². The number of nitrogens with zero attached hydrogens (tertiary/aromatic N) is 2. The van der Waals surface area contributed by atoms with Crippen molar-refractivity contribution >= 4 is 46.8 Å². The van der Waals surface area contributed by atoms with E-state index in [1.807, 2.05) is 48.5 Å². The zero-order valence-corrected chi connectivity index (χ0v) is 30.4. The molecule has 1 aliphatic heterocycles. The minimum absolute atomic E-state index is 0.0810. The van der Waals surface area contributed by atoms with E-state index in [-0.39, 0.29) is 42.7 Å². The molecule has 0 aromatic heterocycles. The molecule has 0 radical (unpaired) electrons. The monoisotopic (exact) mass is 745 g/mol. The summed E-state index contributed by atoms with van der Waals surface area (Å²) in [6, 6.07) is 24.4. The summed E-state index contributed by atoms with van der Waals surface area (Å²) in [7, 11) is 0. The van der Waals surface area contributed by atoms with Crippen molar-refractivity contribution in [2.24, 2.45) is 5.92 Å². The van der Waals surface area contributed by atoms with E-state index >= 15 is 0 Å². The number of nitrogens with one attached hydrogen (secondary N) is 3. The molecule has 14 nitrogen and oxygen atoms in total. The van der Waals surface area contributed by atoms with Gasteiger partial charge < -0.3 is 30.3 Å². The normalized spacial score (nSPS) is 12.5. The molecule has 0 spiro atoms. The van der Waals surface area contributed by atoms with Crippen molar-refractivity contribution in [2.75, 3.05) is 10.2 Å². The van der Waals surface area contributed by atoms with Gasteiger partial charge in [-0.25, -0.2) is 4.79 Å². The summed E-state index contributed by atoms with van der Waals surface area (Å²) >= 11 is 0. The number of carbonyl (C=O) groups is 5. The maximum Gasteiger partial charge on any atom is 0.514 e. The fourth-order valence-corrected chi connectivity index (χ4v) is 5.55. The van der Waals surface area contributed by atoms with Gasteiger partial charge in [0.15, 0.2) is 0 Å². The summed E-state index contributed by atoms with van der Waals surface area (Å²) in [5, 5.41) is 18.9. The Morgan fingerprint density at radius 2 is 1.45 bits per heavy atom. The van der Waals surface area contributed by atoms with Gasteiger partial charge in [-0.15, -0.1) is 0 Å². The molecule has 4 amide bonds. The van der Waals surface area contributed by atoms with Crippen LogP contribution >= 0.6 is 0 Å². The van der Waals surface area contributed by atoms with Crippen LogP contribution in [-0.4, -0.2) is 46.8 Å². The fraction of sp³-hybridized carbons (Fsp3) is 0.244. The third-order valence-corrected chi connectivity index (χ3v) is 8.58. The van der Waals surface area contributed by atoms with E-state index in [2.05, 4.69) is 27.8 Å². The van der Waals surface area contributed by atoms with Gasteiger partial charge in [0.1, 0.15) is 24.4 Å². The number of nitro benzene ring substituents is 1. The highest BCUT2D eigenvalue weighted by molar-refractivity contribution is 5.99. The second-order valence-electron chi connectivity index (χ2n) is 13.0. The topological polar surface area (TPSA) is 186 Å². The van der Waals surface area contributed by atoms with E-state index in [0.717, 1.165) is 11.1 Å². The molecular formula is C41H39N5O9. The van der Waals surface area contributed by atoms with Crippen molar-refractivity contribution in [1.82, 2.24) is 10.6 Å². The number of non-ortho nitro benzene ring substituents is 1. The van der Waals surface area contributed by atoms with Crippen LogP contribution in [0, 0.1) is 27.9 Å². The molecule has 282 valence electrons. The molecule has 0 saturated carbocycles. The Balaban J connectivity index is 1.08. The van der Waals surface area contributed by atoms with Crippen molar-refractivity contribution in [1.29, 1.82) is 0 Å². The maximum absolute atomic E-state index is 13.6. The second-order valence-corrected chi connectivity index (χ2v) is 13.0. The summed E-state index contributed by atoms with van der Waals surface area (Å²) in [5.74, 6) is 4.27. The van der Waals surface area contributed by atoms with Crippen molar-refractivity contribution in [2.45, 2.75) is 58.8 Å². The molecule has 0 saturated heterocycles. The van der Waals surface area contributed by atoms with E-state index in [1.54, 1.807) is 43.0 Å². The van der Waals surface area contributed by atoms with E-state index in [0.29, 0.717) is 29.0 Å². The Morgan fingerprint density at radius 1 is 0.800 bits per heavy atom. The third kappa shape index (κ3) is 10.8. The number of fused-ring (bicyclic) bond motifs is 2. The molecule has 2 atom stereocenters. The molecule has 0 aliphatic carbocycles. The molecule has 0 unspecified atom stereocenters. The van der Waals surface area contributed by atoms with Gasteiger partial charge in [0.2, 0.25) is 23.6 Å². The first-order valence-electron chi connectivity index (χ1n) is 17.5. The van der Waals surface area contributed by atoms with Gasteiger partial charge in [-0.05, 0) is 66.4 Å². The van der Waals surface area contributed by atoms with Gasteiger partial charge in [-0.1, -0.05) is 68.2 Å². The van der Waals surface area contributed by atoms with Gasteiger partial charge in [-0.3, -0.25) is 29.3 Å². The molecular weight excluding hydrogens is 706 g/mol. The van der Waals surface area contributed by atoms with E-state index in [9.17, 15) is 34.1 Å². The molecule has 5 rings (SSSR count). The molecule has 1 heterocycles. The van der Waals surface area contributed by atoms with Crippen molar-refractivity contribution in [3.8, 4) is 17.6 Å². The summed E-state index contributed by atoms with van der Waals surface area (Å²) in [4.78, 5) is 76.7. The van der Waals surface area contributed by atoms with E-state index in [4.69, 9.17) is 9.47 Å². The lowest BCUT2D eigenvalue weighted by molar-refractivity contribution is -0.384. The highest BCUT2D eigenvalue weighted by Crippen LogP contribution is 2.26. The molecule has 4 aromatic rings. The van der Waals surface area contributed by atoms with E-state index in [1.165, 1.54) is 31.2 Å². The van der Waals surface area contributed by atoms with E-state index < -0.39 is 40.9 Å². The lowest BCUT2D eigenvalue weighted by Gasteiger charge is -2.26. The zero-order valence-electron chi connectivity index (χ0n) is 30.4. The highest BCUT2D eigenvalue weighted by atomic mass is 16.7. The Morgan fingerprint density at radius 3 is 2.15 bits per heavy atom. The Labute approximate surface area is 317 Å². The maximum atomic E-state index is 13.6. The average Bonchev–Trinajstić information content (AvgIpc) is 3.16. The van der Waals surface area contributed by atoms with Crippen LogP contribution in [0.15, 0.2) is 97.1 Å². The third-order valence-electron chi connectivity index (χ3n) is 8.58. The predicted octanol–water partition coefficient (Wildman–Crippen LogP) is 5.62. The summed E-state index contributed by atoms with van der Waals surface area (Å²) in [6.45, 7) is 5.18. The average molecular weight is 746 g/mol.